The standard InChI is InChI=1S/C10H13N3O2/c1-3-5-8(4-2)13-10(15)9(14)12-7-6-11/h2,8H,3,5,7H2,1H3,(H,12,14)(H,13,15). The Labute approximate surface area is 88.8 Å². The third-order valence-electron chi connectivity index (χ3n) is 1.62. The van der Waals surface area contributed by atoms with Crippen molar-refractivity contribution in [3.8, 4) is 18.4 Å². The molecule has 0 heterocycles. The van der Waals surface area contributed by atoms with Crippen molar-refractivity contribution >= 4 is 11.8 Å². The fraction of sp³-hybridized carbons (Fsp3) is 0.500. The van der Waals surface area contributed by atoms with Crippen molar-refractivity contribution in [1.82, 2.24) is 10.6 Å². The first-order valence-corrected chi connectivity index (χ1v) is 4.57. The Morgan fingerprint density at radius 2 is 2.13 bits per heavy atom. The summed E-state index contributed by atoms with van der Waals surface area (Å²) in [5.41, 5.74) is 0. The van der Waals surface area contributed by atoms with Crippen LogP contribution in [0.15, 0.2) is 0 Å². The quantitative estimate of drug-likeness (QED) is 0.372. The van der Waals surface area contributed by atoms with Crippen LogP contribution in [0.4, 0.5) is 0 Å². The van der Waals surface area contributed by atoms with Crippen molar-refractivity contribution in [2.24, 2.45) is 0 Å². The van der Waals surface area contributed by atoms with E-state index in [1.165, 1.54) is 0 Å². The number of hydrogen-bond acceptors (Lipinski definition) is 3. The first kappa shape index (κ1) is 13.0. The molecular weight excluding hydrogens is 194 g/mol. The molecule has 0 aliphatic rings. The Kier molecular flexibility index (Phi) is 6.41. The third kappa shape index (κ3) is 5.33. The van der Waals surface area contributed by atoms with Gasteiger partial charge in [-0.2, -0.15) is 5.26 Å². The van der Waals surface area contributed by atoms with E-state index >= 15 is 0 Å². The molecule has 0 saturated heterocycles. The summed E-state index contributed by atoms with van der Waals surface area (Å²) in [7, 11) is 0. The van der Waals surface area contributed by atoms with Gasteiger partial charge in [-0.3, -0.25) is 9.59 Å². The van der Waals surface area contributed by atoms with Crippen LogP contribution in [-0.4, -0.2) is 24.4 Å². The van der Waals surface area contributed by atoms with Crippen LogP contribution in [0.1, 0.15) is 19.8 Å². The van der Waals surface area contributed by atoms with Crippen LogP contribution in [0, 0.1) is 23.7 Å². The fourth-order valence-corrected chi connectivity index (χ4v) is 0.910. The molecular formula is C10H13N3O2. The van der Waals surface area contributed by atoms with Crippen molar-refractivity contribution in [2.75, 3.05) is 6.54 Å². The normalized spacial score (nSPS) is 10.6. The second kappa shape index (κ2) is 7.40. The number of carbonyl (C=O) groups is 2. The molecule has 2 N–H and O–H groups in total. The van der Waals surface area contributed by atoms with Gasteiger partial charge in [0.2, 0.25) is 0 Å². The van der Waals surface area contributed by atoms with Crippen molar-refractivity contribution in [1.29, 1.82) is 5.26 Å². The molecule has 0 aromatic heterocycles. The lowest BCUT2D eigenvalue weighted by Crippen LogP contribution is -2.44. The van der Waals surface area contributed by atoms with Crippen molar-refractivity contribution in [2.45, 2.75) is 25.8 Å². The van der Waals surface area contributed by atoms with E-state index in [4.69, 9.17) is 11.7 Å². The predicted octanol–water partition coefficient (Wildman–Crippen LogP) is -0.456. The summed E-state index contributed by atoms with van der Waals surface area (Å²) in [5, 5.41) is 12.7. The monoisotopic (exact) mass is 207 g/mol. The van der Waals surface area contributed by atoms with E-state index in [1.807, 2.05) is 6.92 Å². The van der Waals surface area contributed by atoms with Crippen molar-refractivity contribution in [3.63, 3.8) is 0 Å². The zero-order valence-electron chi connectivity index (χ0n) is 8.54. The summed E-state index contributed by atoms with van der Waals surface area (Å²) in [5.74, 6) is 0.724. The Morgan fingerprint density at radius 1 is 1.47 bits per heavy atom. The van der Waals surface area contributed by atoms with Gasteiger partial charge in [-0.1, -0.05) is 19.3 Å². The van der Waals surface area contributed by atoms with E-state index in [2.05, 4.69) is 16.6 Å². The average molecular weight is 207 g/mol. The minimum atomic E-state index is -0.840. The smallest absolute Gasteiger partial charge is 0.310 e. The Bertz CT molecular complexity index is 312. The second-order valence-corrected chi connectivity index (χ2v) is 2.82. The SMILES string of the molecule is C#CC(CCC)NC(=O)C(=O)NCC#N. The third-order valence-corrected chi connectivity index (χ3v) is 1.62. The molecule has 0 aliphatic heterocycles. The molecule has 0 rings (SSSR count). The van der Waals surface area contributed by atoms with Crippen LogP contribution in [-0.2, 0) is 9.59 Å². The van der Waals surface area contributed by atoms with E-state index in [1.54, 1.807) is 6.07 Å². The summed E-state index contributed by atoms with van der Waals surface area (Å²) in [6, 6.07) is 1.26. The lowest BCUT2D eigenvalue weighted by Gasteiger charge is -2.10. The number of rotatable bonds is 4. The van der Waals surface area contributed by atoms with Crippen molar-refractivity contribution in [3.05, 3.63) is 0 Å². The highest BCUT2D eigenvalue weighted by Crippen LogP contribution is 1.94. The zero-order chi connectivity index (χ0) is 11.7. The number of amides is 2. The molecule has 1 unspecified atom stereocenters. The number of terminal acetylenes is 1. The molecule has 80 valence electrons. The maximum Gasteiger partial charge on any atom is 0.310 e. The van der Waals surface area contributed by atoms with Gasteiger partial charge in [0.25, 0.3) is 0 Å². The molecule has 0 aliphatic carbocycles. The molecule has 5 nitrogen and oxygen atoms in total. The molecule has 0 aromatic carbocycles. The highest BCUT2D eigenvalue weighted by atomic mass is 16.2. The van der Waals surface area contributed by atoms with Crippen molar-refractivity contribution < 1.29 is 9.59 Å². The van der Waals surface area contributed by atoms with Gasteiger partial charge in [-0.15, -0.1) is 6.42 Å². The molecule has 0 saturated carbocycles. The van der Waals surface area contributed by atoms with E-state index in [0.717, 1.165) is 6.42 Å². The number of nitriles is 1. The zero-order valence-corrected chi connectivity index (χ0v) is 8.54. The van der Waals surface area contributed by atoms with Crippen LogP contribution in [0.3, 0.4) is 0 Å². The maximum atomic E-state index is 11.2. The van der Waals surface area contributed by atoms with Crippen LogP contribution >= 0.6 is 0 Å². The Morgan fingerprint density at radius 3 is 2.60 bits per heavy atom. The van der Waals surface area contributed by atoms with Gasteiger partial charge in [0.15, 0.2) is 0 Å². The molecule has 15 heavy (non-hydrogen) atoms. The van der Waals surface area contributed by atoms with Gasteiger partial charge in [0, 0.05) is 0 Å². The van der Waals surface area contributed by atoms with Gasteiger partial charge >= 0.3 is 11.8 Å². The number of hydrogen-bond donors (Lipinski definition) is 2. The number of nitrogens with one attached hydrogen (secondary N) is 2. The summed E-state index contributed by atoms with van der Waals surface area (Å²) in [6.45, 7) is 1.73. The van der Waals surface area contributed by atoms with Crippen LogP contribution in [0.25, 0.3) is 0 Å². The molecule has 0 radical (unpaired) electrons. The summed E-state index contributed by atoms with van der Waals surface area (Å²) in [4.78, 5) is 22.2. The minimum Gasteiger partial charge on any atom is -0.335 e. The molecule has 0 aromatic rings. The lowest BCUT2D eigenvalue weighted by atomic mass is 10.2. The summed E-state index contributed by atoms with van der Waals surface area (Å²) in [6.07, 6.45) is 6.59. The summed E-state index contributed by atoms with van der Waals surface area (Å²) >= 11 is 0. The predicted molar refractivity (Wildman–Crippen MR) is 54.3 cm³/mol. The molecule has 0 fully saturated rings. The number of nitrogens with zero attached hydrogens (tertiary/aromatic N) is 1. The van der Waals surface area contributed by atoms with E-state index in [9.17, 15) is 9.59 Å². The maximum absolute atomic E-state index is 11.2. The van der Waals surface area contributed by atoms with E-state index in [0.29, 0.717) is 6.42 Å². The van der Waals surface area contributed by atoms with Gasteiger partial charge in [0.1, 0.15) is 6.54 Å². The second-order valence-electron chi connectivity index (χ2n) is 2.82. The highest BCUT2D eigenvalue weighted by Gasteiger charge is 2.15. The van der Waals surface area contributed by atoms with Gasteiger partial charge in [-0.25, -0.2) is 0 Å². The largest absolute Gasteiger partial charge is 0.335 e. The highest BCUT2D eigenvalue weighted by molar-refractivity contribution is 6.35. The van der Waals surface area contributed by atoms with Crippen LogP contribution in [0.2, 0.25) is 0 Å². The first-order chi connectivity index (χ1) is 7.15. The number of carbonyl (C=O) groups excluding carboxylic acids is 2. The Balaban J connectivity index is 4.07. The molecule has 2 amide bonds. The lowest BCUT2D eigenvalue weighted by molar-refractivity contribution is -0.139. The van der Waals surface area contributed by atoms with Crippen LogP contribution in [0.5, 0.6) is 0 Å². The fourth-order valence-electron chi connectivity index (χ4n) is 0.910. The van der Waals surface area contributed by atoms with E-state index in [-0.39, 0.29) is 6.54 Å². The topological polar surface area (TPSA) is 82.0 Å². The van der Waals surface area contributed by atoms with E-state index < -0.39 is 17.9 Å². The van der Waals surface area contributed by atoms with Gasteiger partial charge in [0.05, 0.1) is 12.1 Å². The molecule has 1 atom stereocenters. The Hall–Kier alpha value is -2.01. The average Bonchev–Trinajstić information content (AvgIpc) is 2.24. The molecule has 5 heteroatoms. The minimum absolute atomic E-state index is 0.194. The summed E-state index contributed by atoms with van der Waals surface area (Å²) < 4.78 is 0. The van der Waals surface area contributed by atoms with Gasteiger partial charge < -0.3 is 10.6 Å². The van der Waals surface area contributed by atoms with Gasteiger partial charge in [-0.05, 0) is 6.42 Å². The van der Waals surface area contributed by atoms with Crippen LogP contribution < -0.4 is 10.6 Å². The molecule has 0 spiro atoms. The first-order valence-electron chi connectivity index (χ1n) is 4.57. The molecule has 0 bridgehead atoms.